The molecule has 0 saturated heterocycles. The van der Waals surface area contributed by atoms with Gasteiger partial charge in [-0.15, -0.1) is 0 Å². The number of aryl methyl sites for hydroxylation is 3. The van der Waals surface area contributed by atoms with Crippen LogP contribution >= 0.6 is 11.8 Å². The SMILES string of the molecule is COC(=O)[C@@H]1C(=O)NC(SCC(=O)Nc2c(C)cc(C)cc2C)=C(C#N)[C@H]1c1ccccc1F. The molecule has 0 spiro atoms. The molecule has 0 aromatic heterocycles. The molecule has 1 aliphatic heterocycles. The van der Waals surface area contributed by atoms with E-state index in [4.69, 9.17) is 4.74 Å². The molecule has 0 radical (unpaired) electrons. The number of hydrogen-bond donors (Lipinski definition) is 2. The van der Waals surface area contributed by atoms with Crippen LogP contribution in [0.25, 0.3) is 0 Å². The third kappa shape index (κ3) is 5.13. The molecular formula is C25H24FN3O4S. The second-order valence-corrected chi connectivity index (χ2v) is 8.94. The highest BCUT2D eigenvalue weighted by Gasteiger charge is 2.45. The summed E-state index contributed by atoms with van der Waals surface area (Å²) < 4.78 is 19.4. The van der Waals surface area contributed by atoms with Crippen molar-refractivity contribution >= 4 is 35.2 Å². The number of rotatable bonds is 6. The number of thioether (sulfide) groups is 1. The van der Waals surface area contributed by atoms with Crippen molar-refractivity contribution in [2.75, 3.05) is 18.2 Å². The maximum Gasteiger partial charge on any atom is 0.319 e. The van der Waals surface area contributed by atoms with Crippen LogP contribution < -0.4 is 10.6 Å². The van der Waals surface area contributed by atoms with E-state index in [0.29, 0.717) is 5.69 Å². The summed E-state index contributed by atoms with van der Waals surface area (Å²) in [5, 5.41) is 15.4. The number of benzene rings is 2. The van der Waals surface area contributed by atoms with Crippen LogP contribution in [0.1, 0.15) is 28.2 Å². The molecule has 2 aromatic rings. The first-order valence-corrected chi connectivity index (χ1v) is 11.4. The summed E-state index contributed by atoms with van der Waals surface area (Å²) in [5.41, 5.74) is 3.63. The van der Waals surface area contributed by atoms with Gasteiger partial charge in [-0.05, 0) is 43.5 Å². The molecule has 2 N–H and O–H groups in total. The Morgan fingerprint density at radius 1 is 1.21 bits per heavy atom. The number of amides is 2. The highest BCUT2D eigenvalue weighted by atomic mass is 32.2. The third-order valence-corrected chi connectivity index (χ3v) is 6.53. The molecule has 9 heteroatoms. The Kier molecular flexibility index (Phi) is 7.74. The molecule has 2 atom stereocenters. The van der Waals surface area contributed by atoms with Gasteiger partial charge in [-0.3, -0.25) is 14.4 Å². The van der Waals surface area contributed by atoms with Gasteiger partial charge in [-0.1, -0.05) is 47.7 Å². The van der Waals surface area contributed by atoms with Gasteiger partial charge in [0, 0.05) is 11.6 Å². The first-order chi connectivity index (χ1) is 16.2. The Bertz CT molecular complexity index is 1210. The van der Waals surface area contributed by atoms with Crippen molar-refractivity contribution in [3.8, 4) is 6.07 Å². The van der Waals surface area contributed by atoms with Crippen molar-refractivity contribution in [3.63, 3.8) is 0 Å². The lowest BCUT2D eigenvalue weighted by Crippen LogP contribution is -2.44. The molecule has 1 aliphatic rings. The molecule has 176 valence electrons. The molecule has 0 bridgehead atoms. The van der Waals surface area contributed by atoms with Crippen molar-refractivity contribution in [1.82, 2.24) is 5.32 Å². The zero-order valence-electron chi connectivity index (χ0n) is 19.2. The molecule has 2 aromatic carbocycles. The average molecular weight is 482 g/mol. The van der Waals surface area contributed by atoms with Gasteiger partial charge < -0.3 is 15.4 Å². The van der Waals surface area contributed by atoms with Crippen LogP contribution in [0.15, 0.2) is 47.0 Å². The van der Waals surface area contributed by atoms with Crippen LogP contribution in [0.5, 0.6) is 0 Å². The Labute approximate surface area is 201 Å². The molecule has 0 fully saturated rings. The number of carbonyl (C=O) groups is 3. The maximum atomic E-state index is 14.7. The summed E-state index contributed by atoms with van der Waals surface area (Å²) >= 11 is 0.940. The number of nitrogens with zero attached hydrogens (tertiary/aromatic N) is 1. The minimum Gasteiger partial charge on any atom is -0.468 e. The second-order valence-electron chi connectivity index (χ2n) is 7.95. The number of anilines is 1. The van der Waals surface area contributed by atoms with E-state index in [-0.39, 0.29) is 27.8 Å². The lowest BCUT2D eigenvalue weighted by molar-refractivity contribution is -0.150. The van der Waals surface area contributed by atoms with Crippen molar-refractivity contribution in [1.29, 1.82) is 5.26 Å². The zero-order chi connectivity index (χ0) is 25.0. The monoisotopic (exact) mass is 481 g/mol. The summed E-state index contributed by atoms with van der Waals surface area (Å²) in [6.45, 7) is 5.76. The third-order valence-electron chi connectivity index (χ3n) is 5.51. The molecule has 2 amide bonds. The quantitative estimate of drug-likeness (QED) is 0.479. The van der Waals surface area contributed by atoms with Crippen LogP contribution in [0, 0.1) is 43.8 Å². The standard InChI is InChI=1S/C25H24FN3O4S/c1-13-9-14(2)22(15(3)10-13)28-19(30)12-34-24-17(11-27)20(16-7-5-6-8-18(16)26)21(23(31)29-24)25(32)33-4/h5-10,20-21H,12H2,1-4H3,(H,28,30)(H,29,31)/t20-,21+/m1/s1. The van der Waals surface area contributed by atoms with Gasteiger partial charge in [0.1, 0.15) is 11.7 Å². The van der Waals surface area contributed by atoms with Gasteiger partial charge in [-0.2, -0.15) is 5.26 Å². The molecular weight excluding hydrogens is 457 g/mol. The van der Waals surface area contributed by atoms with E-state index in [1.807, 2.05) is 39.0 Å². The van der Waals surface area contributed by atoms with Gasteiger partial charge in [0.2, 0.25) is 11.8 Å². The number of allylic oxidation sites excluding steroid dienone is 1. The Hall–Kier alpha value is -3.64. The van der Waals surface area contributed by atoms with E-state index in [1.54, 1.807) is 6.07 Å². The van der Waals surface area contributed by atoms with Crippen LogP contribution in [-0.4, -0.2) is 30.6 Å². The minimum absolute atomic E-state index is 0.0133. The largest absolute Gasteiger partial charge is 0.468 e. The van der Waals surface area contributed by atoms with Crippen molar-refractivity contribution in [2.24, 2.45) is 5.92 Å². The van der Waals surface area contributed by atoms with E-state index in [0.717, 1.165) is 35.6 Å². The molecule has 3 rings (SSSR count). The summed E-state index contributed by atoms with van der Waals surface area (Å²) in [5.74, 6) is -5.33. The molecule has 0 unspecified atom stereocenters. The molecule has 0 saturated carbocycles. The number of nitrogens with one attached hydrogen (secondary N) is 2. The number of ether oxygens (including phenoxy) is 1. The highest BCUT2D eigenvalue weighted by Crippen LogP contribution is 2.41. The van der Waals surface area contributed by atoms with E-state index >= 15 is 0 Å². The summed E-state index contributed by atoms with van der Waals surface area (Å²) in [6, 6.07) is 11.6. The highest BCUT2D eigenvalue weighted by molar-refractivity contribution is 8.03. The van der Waals surface area contributed by atoms with Crippen LogP contribution in [0.3, 0.4) is 0 Å². The van der Waals surface area contributed by atoms with Crippen LogP contribution in [-0.2, 0) is 19.1 Å². The number of esters is 1. The minimum atomic E-state index is -1.44. The number of halogens is 1. The van der Waals surface area contributed by atoms with Crippen molar-refractivity contribution < 1.29 is 23.5 Å². The first kappa shape index (κ1) is 25.0. The summed E-state index contributed by atoms with van der Waals surface area (Å²) in [6.07, 6.45) is 0. The molecule has 1 heterocycles. The van der Waals surface area contributed by atoms with E-state index in [1.165, 1.54) is 18.2 Å². The number of methoxy groups -OCH3 is 1. The van der Waals surface area contributed by atoms with E-state index in [9.17, 15) is 24.0 Å². The van der Waals surface area contributed by atoms with Gasteiger partial charge in [0.15, 0.2) is 0 Å². The predicted octanol–water partition coefficient (Wildman–Crippen LogP) is 3.86. The molecule has 7 nitrogen and oxygen atoms in total. The van der Waals surface area contributed by atoms with Gasteiger partial charge in [0.05, 0.1) is 29.5 Å². The summed E-state index contributed by atoms with van der Waals surface area (Å²) in [7, 11) is 1.12. The van der Waals surface area contributed by atoms with Crippen LogP contribution in [0.2, 0.25) is 0 Å². The number of carbonyl (C=O) groups excluding carboxylic acids is 3. The van der Waals surface area contributed by atoms with Crippen molar-refractivity contribution in [3.05, 3.63) is 75.1 Å². The Morgan fingerprint density at radius 3 is 2.44 bits per heavy atom. The fraction of sp³-hybridized carbons (Fsp3) is 0.280. The average Bonchev–Trinajstić information content (AvgIpc) is 2.79. The van der Waals surface area contributed by atoms with Crippen molar-refractivity contribution in [2.45, 2.75) is 26.7 Å². The Morgan fingerprint density at radius 2 is 1.85 bits per heavy atom. The van der Waals surface area contributed by atoms with Gasteiger partial charge in [-0.25, -0.2) is 4.39 Å². The Balaban J connectivity index is 1.91. The predicted molar refractivity (Wildman–Crippen MR) is 127 cm³/mol. The van der Waals surface area contributed by atoms with Crippen LogP contribution in [0.4, 0.5) is 10.1 Å². The van der Waals surface area contributed by atoms with E-state index < -0.39 is 29.5 Å². The fourth-order valence-corrected chi connectivity index (χ4v) is 4.92. The molecule has 34 heavy (non-hydrogen) atoms. The number of nitriles is 1. The fourth-order valence-electron chi connectivity index (χ4n) is 4.07. The summed E-state index contributed by atoms with van der Waals surface area (Å²) in [4.78, 5) is 37.9. The first-order valence-electron chi connectivity index (χ1n) is 10.5. The molecule has 0 aliphatic carbocycles. The number of hydrogen-bond acceptors (Lipinski definition) is 6. The second kappa shape index (κ2) is 10.5. The smallest absolute Gasteiger partial charge is 0.319 e. The van der Waals surface area contributed by atoms with Gasteiger partial charge >= 0.3 is 5.97 Å². The topological polar surface area (TPSA) is 108 Å². The maximum absolute atomic E-state index is 14.7. The normalized spacial score (nSPS) is 17.6. The van der Waals surface area contributed by atoms with E-state index in [2.05, 4.69) is 10.6 Å². The lowest BCUT2D eigenvalue weighted by Gasteiger charge is -2.31. The lowest BCUT2D eigenvalue weighted by atomic mass is 9.78. The van der Waals surface area contributed by atoms with Gasteiger partial charge in [0.25, 0.3) is 0 Å². The zero-order valence-corrected chi connectivity index (χ0v) is 20.0.